The molecule has 5 nitrogen and oxygen atoms in total. The molecule has 78 valence electrons. The summed E-state index contributed by atoms with van der Waals surface area (Å²) in [6.07, 6.45) is 0. The number of rotatable bonds is 1. The van der Waals surface area contributed by atoms with E-state index in [1.54, 1.807) is 0 Å². The van der Waals surface area contributed by atoms with Crippen LogP contribution in [0.5, 0.6) is 0 Å². The van der Waals surface area contributed by atoms with Crippen LogP contribution in [-0.4, -0.2) is 16.2 Å². The molecular formula is C8H4BrFN2O3. The first kappa shape index (κ1) is 9.91. The average molecular weight is 275 g/mol. The Morgan fingerprint density at radius 2 is 2.33 bits per heavy atom. The number of aromatic carboxylic acids is 1. The first-order valence-corrected chi connectivity index (χ1v) is 4.58. The van der Waals surface area contributed by atoms with Gasteiger partial charge in [0.15, 0.2) is 17.2 Å². The molecule has 0 unspecified atom stereocenters. The van der Waals surface area contributed by atoms with Gasteiger partial charge in [-0.2, -0.15) is 0 Å². The van der Waals surface area contributed by atoms with E-state index >= 15 is 0 Å². The summed E-state index contributed by atoms with van der Waals surface area (Å²) >= 11 is 2.89. The first-order valence-electron chi connectivity index (χ1n) is 3.78. The minimum atomic E-state index is -1.44. The molecule has 0 aliphatic heterocycles. The van der Waals surface area contributed by atoms with E-state index in [9.17, 15) is 9.18 Å². The van der Waals surface area contributed by atoms with Crippen LogP contribution in [-0.2, 0) is 0 Å². The number of aromatic nitrogens is 1. The van der Waals surface area contributed by atoms with Gasteiger partial charge < -0.3 is 15.4 Å². The smallest absolute Gasteiger partial charge is 0.342 e. The highest BCUT2D eigenvalue weighted by molar-refractivity contribution is 9.10. The average Bonchev–Trinajstić information content (AvgIpc) is 2.49. The molecule has 0 radical (unpaired) electrons. The number of benzene rings is 1. The predicted octanol–water partition coefficient (Wildman–Crippen LogP) is 2.01. The summed E-state index contributed by atoms with van der Waals surface area (Å²) in [7, 11) is 0. The van der Waals surface area contributed by atoms with Crippen molar-refractivity contribution >= 4 is 38.7 Å². The molecule has 0 fully saturated rings. The van der Waals surface area contributed by atoms with Crippen molar-refractivity contribution in [3.63, 3.8) is 0 Å². The molecule has 0 atom stereocenters. The monoisotopic (exact) mass is 274 g/mol. The number of fused-ring (bicyclic) bond motifs is 1. The zero-order valence-electron chi connectivity index (χ0n) is 7.12. The number of nitrogens with zero attached hydrogens (tertiary/aromatic N) is 1. The van der Waals surface area contributed by atoms with Crippen molar-refractivity contribution in [2.75, 3.05) is 5.73 Å². The Bertz CT molecular complexity index is 567. The third kappa shape index (κ3) is 1.35. The molecule has 2 aromatic rings. The van der Waals surface area contributed by atoms with Crippen molar-refractivity contribution in [2.24, 2.45) is 0 Å². The Balaban J connectivity index is 2.97. The van der Waals surface area contributed by atoms with Crippen molar-refractivity contribution < 1.29 is 18.8 Å². The summed E-state index contributed by atoms with van der Waals surface area (Å²) in [4.78, 5) is 10.8. The molecule has 1 heterocycles. The van der Waals surface area contributed by atoms with Gasteiger partial charge in [-0.3, -0.25) is 0 Å². The highest BCUT2D eigenvalue weighted by atomic mass is 79.9. The van der Waals surface area contributed by atoms with Crippen molar-refractivity contribution in [2.45, 2.75) is 0 Å². The first-order chi connectivity index (χ1) is 7.02. The van der Waals surface area contributed by atoms with Gasteiger partial charge in [0.25, 0.3) is 0 Å². The minimum absolute atomic E-state index is 0.00213. The molecule has 1 aromatic carbocycles. The third-order valence-electron chi connectivity index (χ3n) is 1.90. The van der Waals surface area contributed by atoms with Gasteiger partial charge in [-0.05, 0) is 22.0 Å². The van der Waals surface area contributed by atoms with Crippen LogP contribution < -0.4 is 5.73 Å². The molecule has 0 bridgehead atoms. The van der Waals surface area contributed by atoms with E-state index < -0.39 is 17.3 Å². The summed E-state index contributed by atoms with van der Waals surface area (Å²) in [5.41, 5.74) is 4.68. The van der Waals surface area contributed by atoms with Gasteiger partial charge in [-0.15, -0.1) is 0 Å². The van der Waals surface area contributed by atoms with Crippen LogP contribution in [0.3, 0.4) is 0 Å². The van der Waals surface area contributed by atoms with Crippen LogP contribution in [0.1, 0.15) is 10.4 Å². The number of anilines is 1. The second-order valence-corrected chi connectivity index (χ2v) is 3.65. The number of hydrogen-bond acceptors (Lipinski definition) is 4. The van der Waals surface area contributed by atoms with Crippen LogP contribution in [0.15, 0.2) is 15.1 Å². The largest absolute Gasteiger partial charge is 0.477 e. The molecule has 2 rings (SSSR count). The molecule has 1 aromatic heterocycles. The molecule has 0 saturated heterocycles. The zero-order valence-corrected chi connectivity index (χ0v) is 8.71. The Kier molecular flexibility index (Phi) is 2.11. The molecule has 7 heteroatoms. The second-order valence-electron chi connectivity index (χ2n) is 2.80. The van der Waals surface area contributed by atoms with Gasteiger partial charge >= 0.3 is 5.97 Å². The maximum Gasteiger partial charge on any atom is 0.342 e. The summed E-state index contributed by atoms with van der Waals surface area (Å²) in [5, 5.41) is 12.4. The lowest BCUT2D eigenvalue weighted by Gasteiger charge is -1.99. The number of nitrogens with two attached hydrogens (primary N) is 1. The summed E-state index contributed by atoms with van der Waals surface area (Å²) < 4.78 is 18.1. The highest BCUT2D eigenvalue weighted by Crippen LogP contribution is 2.31. The second kappa shape index (κ2) is 3.20. The van der Waals surface area contributed by atoms with Crippen LogP contribution >= 0.6 is 15.9 Å². The van der Waals surface area contributed by atoms with Gasteiger partial charge in [0, 0.05) is 0 Å². The molecule has 0 aliphatic rings. The van der Waals surface area contributed by atoms with Crippen molar-refractivity contribution in [3.05, 3.63) is 21.9 Å². The standard InChI is InChI=1S/C8H4BrFN2O3/c9-3-1-2-6(15-12-7(2)11)4(5(3)10)8(13)14/h1H,(H2,11,12)(H,13,14). The fourth-order valence-corrected chi connectivity index (χ4v) is 1.66. The van der Waals surface area contributed by atoms with E-state index in [1.807, 2.05) is 0 Å². The number of carbonyl (C=O) groups is 1. The van der Waals surface area contributed by atoms with E-state index in [4.69, 9.17) is 10.8 Å². The molecule has 0 saturated carbocycles. The zero-order chi connectivity index (χ0) is 11.2. The van der Waals surface area contributed by atoms with Gasteiger partial charge in [-0.25, -0.2) is 9.18 Å². The molecular weight excluding hydrogens is 271 g/mol. The van der Waals surface area contributed by atoms with E-state index in [0.717, 1.165) is 0 Å². The van der Waals surface area contributed by atoms with E-state index in [0.29, 0.717) is 0 Å². The van der Waals surface area contributed by atoms with Gasteiger partial charge in [0.1, 0.15) is 5.56 Å². The Morgan fingerprint density at radius 1 is 1.67 bits per heavy atom. The van der Waals surface area contributed by atoms with E-state index in [1.165, 1.54) is 6.07 Å². The fourth-order valence-electron chi connectivity index (χ4n) is 1.23. The fraction of sp³-hybridized carbons (Fsp3) is 0. The molecule has 15 heavy (non-hydrogen) atoms. The molecule has 0 spiro atoms. The van der Waals surface area contributed by atoms with Gasteiger partial charge in [-0.1, -0.05) is 5.16 Å². The molecule has 0 amide bonds. The number of hydrogen-bond donors (Lipinski definition) is 2. The maximum atomic E-state index is 13.4. The minimum Gasteiger partial charge on any atom is -0.477 e. The van der Waals surface area contributed by atoms with Gasteiger partial charge in [0.2, 0.25) is 0 Å². The number of carboxylic acids is 1. The van der Waals surface area contributed by atoms with Crippen molar-refractivity contribution in [1.29, 1.82) is 0 Å². The Morgan fingerprint density at radius 3 is 2.93 bits per heavy atom. The molecule has 3 N–H and O–H groups in total. The van der Waals surface area contributed by atoms with Crippen LogP contribution in [0, 0.1) is 5.82 Å². The lowest BCUT2D eigenvalue weighted by Crippen LogP contribution is -2.02. The number of nitrogen functional groups attached to an aromatic ring is 1. The Hall–Kier alpha value is -1.63. The van der Waals surface area contributed by atoms with Crippen LogP contribution in [0.4, 0.5) is 10.2 Å². The summed E-state index contributed by atoms with van der Waals surface area (Å²) in [6.45, 7) is 0. The summed E-state index contributed by atoms with van der Waals surface area (Å²) in [6, 6.07) is 1.32. The van der Waals surface area contributed by atoms with Crippen LogP contribution in [0.2, 0.25) is 0 Å². The van der Waals surface area contributed by atoms with Crippen LogP contribution in [0.25, 0.3) is 11.0 Å². The topological polar surface area (TPSA) is 89.4 Å². The Labute approximate surface area is 90.8 Å². The lowest BCUT2D eigenvalue weighted by molar-refractivity contribution is 0.0692. The predicted molar refractivity (Wildman–Crippen MR) is 53.0 cm³/mol. The summed E-state index contributed by atoms with van der Waals surface area (Å²) in [5.74, 6) is -2.32. The van der Waals surface area contributed by atoms with Crippen molar-refractivity contribution in [1.82, 2.24) is 5.16 Å². The number of carboxylic acid groups (broad SMARTS) is 1. The number of halogens is 2. The lowest BCUT2D eigenvalue weighted by atomic mass is 10.1. The third-order valence-corrected chi connectivity index (χ3v) is 2.47. The van der Waals surface area contributed by atoms with E-state index in [2.05, 4.69) is 25.6 Å². The highest BCUT2D eigenvalue weighted by Gasteiger charge is 2.22. The SMILES string of the molecule is Nc1noc2c(C(=O)O)c(F)c(Br)cc12. The van der Waals surface area contributed by atoms with E-state index in [-0.39, 0.29) is 21.3 Å². The molecule has 0 aliphatic carbocycles. The quantitative estimate of drug-likeness (QED) is 0.830. The normalized spacial score (nSPS) is 10.8. The van der Waals surface area contributed by atoms with Gasteiger partial charge in [0.05, 0.1) is 9.86 Å². The van der Waals surface area contributed by atoms with Crippen molar-refractivity contribution in [3.8, 4) is 0 Å². The maximum absolute atomic E-state index is 13.4.